The molecule has 13 nitrogen and oxygen atoms in total. The number of imidazole rings is 1. The molecule has 0 amide bonds. The lowest BCUT2D eigenvalue weighted by molar-refractivity contribution is -0.162. The van der Waals surface area contributed by atoms with Gasteiger partial charge in [-0.15, -0.1) is 12.4 Å². The summed E-state index contributed by atoms with van der Waals surface area (Å²) in [6.45, 7) is 9.16. The Hall–Kier alpha value is -2.31. The van der Waals surface area contributed by atoms with Crippen LogP contribution in [0.5, 0.6) is 0 Å². The Morgan fingerprint density at radius 3 is 2.03 bits per heavy atom. The molecule has 2 heterocycles. The van der Waals surface area contributed by atoms with Crippen LogP contribution in [0.4, 0.5) is 5.82 Å². The van der Waals surface area contributed by atoms with Crippen molar-refractivity contribution in [3.8, 4) is 0 Å². The van der Waals surface area contributed by atoms with Crippen LogP contribution in [0.25, 0.3) is 11.2 Å². The van der Waals surface area contributed by atoms with Crippen molar-refractivity contribution >= 4 is 48.9 Å². The van der Waals surface area contributed by atoms with Crippen LogP contribution in [-0.2, 0) is 44.0 Å². The number of rotatable bonds is 11. The normalized spacial score (nSPS) is 12.3. The molecule has 0 aliphatic carbocycles. The third kappa shape index (κ3) is 9.34. The second-order valence-corrected chi connectivity index (χ2v) is 11.4. The van der Waals surface area contributed by atoms with Crippen molar-refractivity contribution < 1.29 is 37.4 Å². The molecule has 2 rings (SSSR count). The Morgan fingerprint density at radius 1 is 0.971 bits per heavy atom. The summed E-state index contributed by atoms with van der Waals surface area (Å²) < 4.78 is 40.7. The second-order valence-electron chi connectivity index (χ2n) is 9.37. The number of ether oxygens (including phenoxy) is 3. The third-order valence-corrected chi connectivity index (χ3v) is 5.76. The maximum atomic E-state index is 13.1. The Labute approximate surface area is 210 Å². The quantitative estimate of drug-likeness (QED) is 0.193. The fourth-order valence-corrected chi connectivity index (χ4v) is 3.27. The average Bonchev–Trinajstić information content (AvgIpc) is 3.14. The minimum Gasteiger partial charge on any atom is -0.438 e. The van der Waals surface area contributed by atoms with Gasteiger partial charge in [0, 0.05) is 6.54 Å². The van der Waals surface area contributed by atoms with Crippen molar-refractivity contribution in [3.05, 3.63) is 12.7 Å². The number of carbonyl (C=O) groups is 2. The van der Waals surface area contributed by atoms with Crippen LogP contribution >= 0.6 is 20.0 Å². The van der Waals surface area contributed by atoms with Gasteiger partial charge >= 0.3 is 19.5 Å². The zero-order chi connectivity index (χ0) is 25.6. The number of nitrogens with zero attached hydrogens (tertiary/aromatic N) is 4. The summed E-state index contributed by atoms with van der Waals surface area (Å²) in [5, 5.41) is 0. The van der Waals surface area contributed by atoms with E-state index in [9.17, 15) is 14.2 Å². The minimum atomic E-state index is -3.95. The fourth-order valence-electron chi connectivity index (χ4n) is 2.27. The maximum absolute atomic E-state index is 13.1. The van der Waals surface area contributed by atoms with E-state index >= 15 is 0 Å². The number of hydrogen-bond donors (Lipinski definition) is 1. The summed E-state index contributed by atoms with van der Waals surface area (Å²) >= 11 is 0. The molecule has 2 N–H and O–H groups in total. The number of aromatic nitrogens is 4. The van der Waals surface area contributed by atoms with Crippen molar-refractivity contribution in [2.75, 3.05) is 32.3 Å². The number of anilines is 1. The van der Waals surface area contributed by atoms with Crippen LogP contribution in [0.3, 0.4) is 0 Å². The van der Waals surface area contributed by atoms with Gasteiger partial charge in [-0.1, -0.05) is 0 Å². The first-order valence-electron chi connectivity index (χ1n) is 10.4. The van der Waals surface area contributed by atoms with E-state index in [1.807, 2.05) is 0 Å². The Balaban J connectivity index is 0.00000612. The summed E-state index contributed by atoms with van der Waals surface area (Å²) in [7, 11) is -3.95. The van der Waals surface area contributed by atoms with E-state index in [1.54, 1.807) is 46.1 Å². The van der Waals surface area contributed by atoms with Gasteiger partial charge in [-0.3, -0.25) is 23.2 Å². The first-order chi connectivity index (χ1) is 15.7. The number of nitrogen functional groups attached to an aromatic ring is 1. The van der Waals surface area contributed by atoms with E-state index in [0.717, 1.165) is 0 Å². The molecule has 0 fully saturated rings. The summed E-state index contributed by atoms with van der Waals surface area (Å²) in [4.78, 5) is 36.0. The highest BCUT2D eigenvalue weighted by Gasteiger charge is 2.30. The zero-order valence-electron chi connectivity index (χ0n) is 20.7. The van der Waals surface area contributed by atoms with Gasteiger partial charge in [-0.05, 0) is 41.5 Å². The number of halogens is 1. The van der Waals surface area contributed by atoms with Gasteiger partial charge in [-0.2, -0.15) is 0 Å². The van der Waals surface area contributed by atoms with Gasteiger partial charge in [0.25, 0.3) is 0 Å². The summed E-state index contributed by atoms with van der Waals surface area (Å²) in [5.74, 6) is -0.842. The van der Waals surface area contributed by atoms with Crippen LogP contribution in [-0.4, -0.2) is 58.0 Å². The number of esters is 2. The molecule has 15 heteroatoms. The summed E-state index contributed by atoms with van der Waals surface area (Å²) in [6, 6.07) is 0. The van der Waals surface area contributed by atoms with E-state index in [2.05, 4.69) is 15.0 Å². The topological polar surface area (TPSA) is 167 Å². The highest BCUT2D eigenvalue weighted by Crippen LogP contribution is 2.48. The first-order valence-corrected chi connectivity index (χ1v) is 12.2. The standard InChI is InChI=1S/C20H32N5O8P.ClH/c1-19(2,3)17(26)30-11-32-34(28,33-12-31-18(27)20(4,5)6)13-29-8-7-25-10-24-14-15(21)22-9-23-16(14)25;/h9-10H,7-8,11-13H2,1-6H3,(H2,21,22,23);1H. The van der Waals surface area contributed by atoms with Crippen LogP contribution in [0.1, 0.15) is 41.5 Å². The molecule has 2 aromatic heterocycles. The number of nitrogens with two attached hydrogens (primary N) is 1. The van der Waals surface area contributed by atoms with Gasteiger partial charge < -0.3 is 24.5 Å². The highest BCUT2D eigenvalue weighted by molar-refractivity contribution is 7.53. The second kappa shape index (κ2) is 12.6. The molecular weight excluding hydrogens is 505 g/mol. The number of hydrogen-bond acceptors (Lipinski definition) is 12. The van der Waals surface area contributed by atoms with Crippen LogP contribution in [0.15, 0.2) is 12.7 Å². The Morgan fingerprint density at radius 2 is 1.51 bits per heavy atom. The lowest BCUT2D eigenvalue weighted by atomic mass is 9.98. The van der Waals surface area contributed by atoms with E-state index in [-0.39, 0.29) is 24.8 Å². The van der Waals surface area contributed by atoms with Gasteiger partial charge in [-0.25, -0.2) is 15.0 Å². The lowest BCUT2D eigenvalue weighted by Crippen LogP contribution is -2.25. The van der Waals surface area contributed by atoms with Crippen molar-refractivity contribution in [2.45, 2.75) is 48.1 Å². The molecule has 0 unspecified atom stereocenters. The first kappa shape index (κ1) is 30.7. The largest absolute Gasteiger partial charge is 0.438 e. The Bertz CT molecular complexity index is 1010. The fraction of sp³-hybridized carbons (Fsp3) is 0.650. The summed E-state index contributed by atoms with van der Waals surface area (Å²) in [6.07, 6.45) is 2.38. The molecule has 0 saturated heterocycles. The minimum absolute atomic E-state index is 0. The van der Waals surface area contributed by atoms with Crippen molar-refractivity contribution in [3.63, 3.8) is 0 Å². The molecule has 0 spiro atoms. The number of fused-ring (bicyclic) bond motifs is 1. The number of carbonyl (C=O) groups excluding carboxylic acids is 2. The van der Waals surface area contributed by atoms with E-state index in [0.29, 0.717) is 17.7 Å². The molecule has 0 aliphatic rings. The Kier molecular flexibility index (Phi) is 11.1. The lowest BCUT2D eigenvalue weighted by Gasteiger charge is -2.22. The van der Waals surface area contributed by atoms with Crippen molar-refractivity contribution in [1.82, 2.24) is 19.5 Å². The maximum Gasteiger partial charge on any atom is 0.361 e. The van der Waals surface area contributed by atoms with Crippen LogP contribution < -0.4 is 5.73 Å². The van der Waals surface area contributed by atoms with Crippen molar-refractivity contribution in [1.29, 1.82) is 0 Å². The van der Waals surface area contributed by atoms with Crippen LogP contribution in [0.2, 0.25) is 0 Å². The molecule has 0 saturated carbocycles. The van der Waals surface area contributed by atoms with Gasteiger partial charge in [0.05, 0.1) is 23.8 Å². The molecule has 198 valence electrons. The van der Waals surface area contributed by atoms with E-state index < -0.39 is 50.3 Å². The monoisotopic (exact) mass is 537 g/mol. The highest BCUT2D eigenvalue weighted by atomic mass is 35.5. The molecule has 0 aromatic carbocycles. The zero-order valence-corrected chi connectivity index (χ0v) is 22.4. The predicted octanol–water partition coefficient (Wildman–Crippen LogP) is 3.12. The summed E-state index contributed by atoms with van der Waals surface area (Å²) in [5.41, 5.74) is 5.21. The predicted molar refractivity (Wildman–Crippen MR) is 128 cm³/mol. The van der Waals surface area contributed by atoms with Crippen molar-refractivity contribution in [2.24, 2.45) is 10.8 Å². The van der Waals surface area contributed by atoms with Gasteiger partial charge in [0.2, 0.25) is 13.6 Å². The molecule has 0 bridgehead atoms. The molecule has 0 atom stereocenters. The SMILES string of the molecule is CC(C)(C)C(=O)OCOP(=O)(COCCn1cnc2c(N)ncnc21)OCOC(=O)C(C)(C)C.Cl. The van der Waals surface area contributed by atoms with Crippen LogP contribution in [0, 0.1) is 10.8 Å². The van der Waals surface area contributed by atoms with Gasteiger partial charge in [0.15, 0.2) is 11.5 Å². The third-order valence-electron chi connectivity index (χ3n) is 4.26. The van der Waals surface area contributed by atoms with E-state index in [1.165, 1.54) is 12.7 Å². The van der Waals surface area contributed by atoms with E-state index in [4.69, 9.17) is 29.0 Å². The molecule has 2 aromatic rings. The smallest absolute Gasteiger partial charge is 0.361 e. The molecule has 35 heavy (non-hydrogen) atoms. The molecule has 0 aliphatic heterocycles. The molecule has 0 radical (unpaired) electrons. The van der Waals surface area contributed by atoms with Gasteiger partial charge in [0.1, 0.15) is 18.2 Å². The molecular formula is C20H33ClN5O8P. The average molecular weight is 538 g/mol.